The second-order valence-corrected chi connectivity index (χ2v) is 10.5. The summed E-state index contributed by atoms with van der Waals surface area (Å²) in [5.41, 5.74) is 7.72. The van der Waals surface area contributed by atoms with E-state index in [-0.39, 0.29) is 15.3 Å². The fourth-order valence-corrected chi connectivity index (χ4v) is 11.2. The Kier molecular flexibility index (Phi) is 3.43. The van der Waals surface area contributed by atoms with Crippen LogP contribution in [0.15, 0.2) is 5.11 Å². The summed E-state index contributed by atoms with van der Waals surface area (Å²) in [7, 11) is 7.18. The maximum absolute atomic E-state index is 11.2. The molecular weight excluding hydrogens is 382 g/mol. The van der Waals surface area contributed by atoms with Gasteiger partial charge < -0.3 is 0 Å². The quantitative estimate of drug-likeness (QED) is 0.243. The molecule has 68 valence electrons. The Morgan fingerprint density at radius 2 is 2.46 bits per heavy atom. The van der Waals surface area contributed by atoms with Gasteiger partial charge in [0.05, 0.1) is 0 Å². The SMILES string of the molecule is COC(=O)[C@H]1[C@@H]([Hg][Cl])[C@@]1(C)N=[N+]=[N-]. The molecule has 0 spiro atoms. The Balaban J connectivity index is 2.80. The molecule has 0 aromatic heterocycles. The Labute approximate surface area is 91.3 Å². The molecule has 0 aromatic carbocycles. The molecule has 0 saturated heterocycles. The average Bonchev–Trinajstić information content (AvgIpc) is 2.70. The van der Waals surface area contributed by atoms with Crippen LogP contribution >= 0.6 is 8.25 Å². The van der Waals surface area contributed by atoms with Crippen molar-refractivity contribution in [2.45, 2.75) is 15.9 Å². The van der Waals surface area contributed by atoms with Crippen LogP contribution in [0.4, 0.5) is 0 Å². The molecule has 3 atom stereocenters. The summed E-state index contributed by atoms with van der Waals surface area (Å²) in [6.07, 6.45) is 0. The first-order valence-corrected chi connectivity index (χ1v) is 13.8. The van der Waals surface area contributed by atoms with Gasteiger partial charge in [0.1, 0.15) is 0 Å². The van der Waals surface area contributed by atoms with Crippen LogP contribution in [0.25, 0.3) is 10.4 Å². The van der Waals surface area contributed by atoms with Crippen molar-refractivity contribution < 1.29 is 32.9 Å². The van der Waals surface area contributed by atoms with E-state index in [0.717, 1.165) is 0 Å². The van der Waals surface area contributed by atoms with Crippen molar-refractivity contribution >= 4 is 14.2 Å². The molecule has 5 nitrogen and oxygen atoms in total. The molecular formula is C6H8ClHgN3O2. The van der Waals surface area contributed by atoms with Gasteiger partial charge in [-0.3, -0.25) is 0 Å². The van der Waals surface area contributed by atoms with Crippen LogP contribution in [0.3, 0.4) is 0 Å². The van der Waals surface area contributed by atoms with Crippen LogP contribution < -0.4 is 0 Å². The fourth-order valence-electron chi connectivity index (χ4n) is 1.59. The van der Waals surface area contributed by atoms with Gasteiger partial charge in [-0.25, -0.2) is 0 Å². The predicted octanol–water partition coefficient (Wildman–Crippen LogP) is 1.88. The molecule has 0 amide bonds. The van der Waals surface area contributed by atoms with E-state index < -0.39 is 28.9 Å². The van der Waals surface area contributed by atoms with Crippen molar-refractivity contribution in [1.82, 2.24) is 0 Å². The first-order valence-electron chi connectivity index (χ1n) is 3.81. The first-order chi connectivity index (χ1) is 6.11. The number of halogens is 1. The molecule has 1 aliphatic carbocycles. The second kappa shape index (κ2) is 4.03. The molecule has 1 fully saturated rings. The molecule has 1 saturated carbocycles. The zero-order chi connectivity index (χ0) is 10.1. The number of hydrogen-bond acceptors (Lipinski definition) is 3. The molecule has 0 bridgehead atoms. The maximum atomic E-state index is 11.2. The van der Waals surface area contributed by atoms with E-state index in [0.29, 0.717) is 0 Å². The first kappa shape index (κ1) is 11.1. The Hall–Kier alpha value is 0.00506. The van der Waals surface area contributed by atoms with Gasteiger partial charge in [0, 0.05) is 0 Å². The number of methoxy groups -OCH3 is 1. The van der Waals surface area contributed by atoms with Crippen molar-refractivity contribution in [3.8, 4) is 0 Å². The normalized spacial score (nSPS) is 35.6. The number of carbonyl (C=O) groups excluding carboxylic acids is 1. The van der Waals surface area contributed by atoms with Crippen LogP contribution in [-0.4, -0.2) is 18.6 Å². The monoisotopic (exact) mass is 391 g/mol. The molecule has 0 N–H and O–H groups in total. The third-order valence-electron chi connectivity index (χ3n) is 2.56. The molecule has 7 heteroatoms. The number of hydrogen-bond donors (Lipinski definition) is 0. The number of rotatable bonds is 3. The summed E-state index contributed by atoms with van der Waals surface area (Å²) in [6.45, 7) is 1.77. The van der Waals surface area contributed by atoms with Gasteiger partial charge in [0.15, 0.2) is 0 Å². The Morgan fingerprint density at radius 1 is 1.85 bits per heavy atom. The number of carbonyl (C=O) groups is 1. The van der Waals surface area contributed by atoms with Crippen LogP contribution in [-0.2, 0) is 32.9 Å². The van der Waals surface area contributed by atoms with Gasteiger partial charge in [-0.05, 0) is 0 Å². The van der Waals surface area contributed by atoms with Crippen LogP contribution in [0, 0.1) is 5.92 Å². The zero-order valence-electron chi connectivity index (χ0n) is 7.40. The van der Waals surface area contributed by atoms with E-state index in [1.165, 1.54) is 7.11 Å². The second-order valence-electron chi connectivity index (χ2n) is 3.18. The summed E-state index contributed by atoms with van der Waals surface area (Å²) in [5.74, 6) is -0.590. The molecule has 0 unspecified atom stereocenters. The topological polar surface area (TPSA) is 75.1 Å². The van der Waals surface area contributed by atoms with Gasteiger partial charge in [0.2, 0.25) is 0 Å². The van der Waals surface area contributed by atoms with Crippen molar-refractivity contribution in [1.29, 1.82) is 0 Å². The minimum absolute atomic E-state index is 0.123. The van der Waals surface area contributed by atoms with Crippen molar-refractivity contribution in [2.75, 3.05) is 7.11 Å². The predicted molar refractivity (Wildman–Crippen MR) is 42.7 cm³/mol. The Bertz CT molecular complexity index is 281. The third kappa shape index (κ3) is 1.78. The summed E-state index contributed by atoms with van der Waals surface area (Å²) < 4.78 is 4.73. The summed E-state index contributed by atoms with van der Waals surface area (Å²) in [5, 5.41) is 3.62. The van der Waals surface area contributed by atoms with Gasteiger partial charge in [-0.2, -0.15) is 0 Å². The molecule has 0 aliphatic heterocycles. The minimum atomic E-state index is -1.55. The molecule has 1 aliphatic rings. The van der Waals surface area contributed by atoms with E-state index in [9.17, 15) is 4.79 Å². The van der Waals surface area contributed by atoms with Crippen molar-refractivity contribution in [3.63, 3.8) is 0 Å². The van der Waals surface area contributed by atoms with Crippen molar-refractivity contribution in [2.24, 2.45) is 11.0 Å². The fraction of sp³-hybridized carbons (Fsp3) is 0.833. The van der Waals surface area contributed by atoms with E-state index in [1.54, 1.807) is 6.92 Å². The van der Waals surface area contributed by atoms with E-state index in [1.807, 2.05) is 0 Å². The standard InChI is InChI=1S/C6H8N3O2.ClH.Hg/c1-6(8-9-7)3-4(6)5(10)11-2;;/h3-4H,1-2H3;1H;/q;;+1/p-1/t4-,6-;;/m1../s1. The number of nitrogens with zero attached hydrogens (tertiary/aromatic N) is 3. The van der Waals surface area contributed by atoms with Gasteiger partial charge >= 0.3 is 91.6 Å². The Morgan fingerprint density at radius 3 is 2.85 bits per heavy atom. The number of esters is 1. The van der Waals surface area contributed by atoms with Gasteiger partial charge in [-0.15, -0.1) is 0 Å². The third-order valence-corrected chi connectivity index (χ3v) is 11.8. The summed E-state index contributed by atoms with van der Waals surface area (Å²) in [6, 6.07) is 0. The molecule has 0 radical (unpaired) electrons. The van der Waals surface area contributed by atoms with Crippen LogP contribution in [0.5, 0.6) is 0 Å². The zero-order valence-corrected chi connectivity index (χ0v) is 13.7. The van der Waals surface area contributed by atoms with Crippen molar-refractivity contribution in [3.05, 3.63) is 10.4 Å². The van der Waals surface area contributed by atoms with Gasteiger partial charge in [-0.1, -0.05) is 0 Å². The number of azide groups is 1. The van der Waals surface area contributed by atoms with Crippen LogP contribution in [0.2, 0.25) is 3.43 Å². The van der Waals surface area contributed by atoms with Gasteiger partial charge in [0.25, 0.3) is 0 Å². The number of ether oxygens (including phenoxy) is 1. The molecule has 1 rings (SSSR count). The van der Waals surface area contributed by atoms with E-state index >= 15 is 0 Å². The molecule has 13 heavy (non-hydrogen) atoms. The van der Waals surface area contributed by atoms with Crippen LogP contribution in [0.1, 0.15) is 6.92 Å². The summed E-state index contributed by atoms with van der Waals surface area (Å²) in [4.78, 5) is 13.9. The average molecular weight is 390 g/mol. The summed E-state index contributed by atoms with van der Waals surface area (Å²) >= 11 is -1.55. The molecule has 0 heterocycles. The van der Waals surface area contributed by atoms with E-state index in [2.05, 4.69) is 14.8 Å². The van der Waals surface area contributed by atoms with E-state index in [4.69, 9.17) is 13.8 Å². The molecule has 0 aromatic rings.